The van der Waals surface area contributed by atoms with Crippen LogP contribution in [0.4, 0.5) is 11.4 Å². The smallest absolute Gasteiger partial charge is 0.302 e. The average Bonchev–Trinajstić information content (AvgIpc) is 3.90. The Kier molecular flexibility index (Phi) is 5.96. The van der Waals surface area contributed by atoms with Crippen LogP contribution in [0.5, 0.6) is 0 Å². The number of hydrogen-bond donors (Lipinski definition) is 4. The van der Waals surface area contributed by atoms with Crippen LogP contribution in [0.15, 0.2) is 48.5 Å². The molecule has 10 rings (SSSR count). The number of amides is 4. The zero-order chi connectivity index (χ0) is 37.0. The minimum Gasteiger partial charge on any atom is -0.462 e. The summed E-state index contributed by atoms with van der Waals surface area (Å²) in [5.74, 6) is -3.23. The predicted molar refractivity (Wildman–Crippen MR) is 194 cm³/mol. The fourth-order valence-electron chi connectivity index (χ4n) is 11.6. The van der Waals surface area contributed by atoms with Crippen molar-refractivity contribution in [1.82, 2.24) is 19.6 Å². The lowest BCUT2D eigenvalue weighted by atomic mass is 9.52. The van der Waals surface area contributed by atoms with Crippen LogP contribution in [0.25, 0.3) is 0 Å². The van der Waals surface area contributed by atoms with Crippen LogP contribution in [0.3, 0.4) is 0 Å². The summed E-state index contributed by atoms with van der Waals surface area (Å²) in [4.78, 5) is 70.3. The Morgan fingerprint density at radius 1 is 0.788 bits per heavy atom. The maximum atomic E-state index is 15.1. The number of nitrogens with zero attached hydrogens (tertiary/aromatic N) is 4. The molecule has 8 aliphatic rings. The van der Waals surface area contributed by atoms with Gasteiger partial charge in [-0.2, -0.15) is 0 Å². The van der Waals surface area contributed by atoms with Gasteiger partial charge in [-0.25, -0.2) is 0 Å². The number of hydrogen-bond acceptors (Lipinski definition) is 12. The summed E-state index contributed by atoms with van der Waals surface area (Å²) < 4.78 is 5.40. The highest BCUT2D eigenvalue weighted by molar-refractivity contribution is 8.32. The second kappa shape index (κ2) is 9.38. The maximum absolute atomic E-state index is 15.1. The summed E-state index contributed by atoms with van der Waals surface area (Å²) in [6.07, 6.45) is -5.94. The van der Waals surface area contributed by atoms with Crippen LogP contribution in [-0.2, 0) is 80.8 Å². The molecule has 0 saturated carbocycles. The molecule has 2 aromatic carbocycles. The van der Waals surface area contributed by atoms with Crippen molar-refractivity contribution in [3.63, 3.8) is 0 Å². The van der Waals surface area contributed by atoms with Gasteiger partial charge in [0, 0.05) is 32.4 Å². The summed E-state index contributed by atoms with van der Waals surface area (Å²) in [6.45, 7) is 4.37. The van der Waals surface area contributed by atoms with Crippen molar-refractivity contribution in [2.75, 3.05) is 31.3 Å². The van der Waals surface area contributed by atoms with Crippen LogP contribution in [0.1, 0.15) is 31.9 Å². The number of benzene rings is 2. The van der Waals surface area contributed by atoms with E-state index in [1.54, 1.807) is 55.6 Å². The second-order valence-corrected chi connectivity index (χ2v) is 20.8. The minimum atomic E-state index is -2.05. The van der Waals surface area contributed by atoms with Crippen molar-refractivity contribution in [1.29, 1.82) is 0 Å². The number of fused-ring (bicyclic) bond motifs is 11. The number of anilines is 2. The first kappa shape index (κ1) is 33.1. The van der Waals surface area contributed by atoms with Gasteiger partial charge >= 0.3 is 5.97 Å². The maximum Gasteiger partial charge on any atom is 0.302 e. The topological polar surface area (TPSA) is 172 Å². The van der Waals surface area contributed by atoms with Crippen LogP contribution in [-0.4, -0.2) is 124 Å². The molecular weight excluding hydrogens is 749 g/mol. The third-order valence-corrected chi connectivity index (χ3v) is 21.6. The molecule has 0 unspecified atom stereocenters. The minimum absolute atomic E-state index is 0.400. The van der Waals surface area contributed by atoms with E-state index in [-0.39, 0.29) is 0 Å². The molecule has 14 nitrogen and oxygen atoms in total. The quantitative estimate of drug-likeness (QED) is 0.277. The fraction of sp³-hybridized carbons (Fsp3) is 0.500. The third kappa shape index (κ3) is 2.62. The van der Waals surface area contributed by atoms with Gasteiger partial charge in [0.1, 0.15) is 31.1 Å². The third-order valence-electron chi connectivity index (χ3n) is 13.5. The second-order valence-electron chi connectivity index (χ2n) is 15.2. The van der Waals surface area contributed by atoms with Gasteiger partial charge in [-0.05, 0) is 70.5 Å². The van der Waals surface area contributed by atoms with Gasteiger partial charge in [-0.3, -0.25) is 33.8 Å². The van der Waals surface area contributed by atoms with Gasteiger partial charge in [-0.1, -0.05) is 50.2 Å². The summed E-state index contributed by atoms with van der Waals surface area (Å²) in [6, 6.07) is 14.3. The molecule has 0 radical (unpaired) electrons. The Balaban J connectivity index is 1.32. The Morgan fingerprint density at radius 3 is 1.75 bits per heavy atom. The molecule has 12 atom stereocenters. The Morgan fingerprint density at radius 2 is 1.25 bits per heavy atom. The summed E-state index contributed by atoms with van der Waals surface area (Å²) in [7, 11) is -0.255. The Labute approximate surface area is 312 Å². The SMILES string of the molecule is CC(=O)OC[C@@]12C(=O)N3[C@@H]4Nc5ccccc5[C@]4([C@@]45c6ccccc6N[C@@H]4N4C(=O)[C@@]6(C(C)C)N(C)C(=O)[C@]4([C@H]5O)[S@@]6=S)[C@H](O)[C@@]3(C(=O)N1C)[S@@]2=S. The van der Waals surface area contributed by atoms with E-state index >= 15 is 9.59 Å². The molecule has 52 heavy (non-hydrogen) atoms. The van der Waals surface area contributed by atoms with Crippen molar-refractivity contribution >= 4 is 82.3 Å². The average molecular weight is 783 g/mol. The number of carbonyl (C=O) groups is 5. The molecule has 8 heterocycles. The van der Waals surface area contributed by atoms with Crippen molar-refractivity contribution in [3.8, 4) is 0 Å². The molecule has 4 bridgehead atoms. The van der Waals surface area contributed by atoms with Crippen molar-refractivity contribution in [2.45, 2.75) is 75.6 Å². The van der Waals surface area contributed by atoms with Gasteiger partial charge in [0.05, 0.1) is 10.8 Å². The van der Waals surface area contributed by atoms with Crippen molar-refractivity contribution in [2.24, 2.45) is 5.92 Å². The highest BCUT2D eigenvalue weighted by atomic mass is 32.8. The highest BCUT2D eigenvalue weighted by Gasteiger charge is 2.97. The fourth-order valence-corrected chi connectivity index (χ4v) is 19.8. The molecule has 8 aliphatic heterocycles. The number of esters is 1. The van der Waals surface area contributed by atoms with Gasteiger partial charge in [0.2, 0.25) is 14.6 Å². The number of aliphatic hydroxyl groups is 2. The van der Waals surface area contributed by atoms with Crippen LogP contribution < -0.4 is 10.6 Å². The van der Waals surface area contributed by atoms with E-state index in [9.17, 15) is 24.6 Å². The Hall–Kier alpha value is -3.55. The van der Waals surface area contributed by atoms with E-state index in [2.05, 4.69) is 10.6 Å². The number of nitrogens with one attached hydrogen (secondary N) is 2. The first-order valence-electron chi connectivity index (χ1n) is 16.9. The number of likely N-dealkylation sites (N-methyl/N-ethyl adjacent to an activating group) is 2. The first-order chi connectivity index (χ1) is 24.6. The molecule has 6 saturated heterocycles. The van der Waals surface area contributed by atoms with Crippen LogP contribution >= 0.6 is 0 Å². The zero-order valence-electron chi connectivity index (χ0n) is 28.5. The number of ether oxygens (including phenoxy) is 1. The van der Waals surface area contributed by atoms with Crippen molar-refractivity contribution in [3.05, 3.63) is 59.7 Å². The number of piperazine rings is 2. The van der Waals surface area contributed by atoms with Gasteiger partial charge in [0.25, 0.3) is 23.6 Å². The Bertz CT molecular complexity index is 2230. The molecule has 4 amide bonds. The molecule has 0 aliphatic carbocycles. The van der Waals surface area contributed by atoms with E-state index in [0.29, 0.717) is 22.5 Å². The standard InChI is InChI=1S/C34H34N6O8S4/c1-15(2)32-28(47)40-24-31(18-11-7-9-13-20(18)36-24,22(43)34(40,52(32)50)27(46)38(32)5)30-17-10-6-8-12-19(17)35-23(30)39-25(44)29(14-48-16(3)41)37(4)26(45)33(39,21(30)42)51(29)49/h6-13,15,21-24,35-36,42-43H,14H2,1-5H3/t21-,22-,23-,24+,29+,30-,31+,32-,33-,34-,51+,52+/m0/s1. The molecule has 18 heteroatoms. The number of carbonyl (C=O) groups excluding carboxylic acids is 5. The summed E-state index contributed by atoms with van der Waals surface area (Å²) in [5.41, 5.74) is -1.55. The number of aliphatic hydroxyl groups excluding tert-OH is 2. The van der Waals surface area contributed by atoms with E-state index in [4.69, 9.17) is 27.1 Å². The lowest BCUT2D eigenvalue weighted by molar-refractivity contribution is -0.166. The first-order valence-corrected chi connectivity index (χ1v) is 21.2. The lowest BCUT2D eigenvalue weighted by Crippen LogP contribution is -2.70. The van der Waals surface area contributed by atoms with Gasteiger partial charge in [-0.15, -0.1) is 0 Å². The van der Waals surface area contributed by atoms with E-state index in [0.717, 1.165) is 0 Å². The monoisotopic (exact) mass is 782 g/mol. The lowest BCUT2D eigenvalue weighted by Gasteiger charge is -2.51. The van der Waals surface area contributed by atoms with Crippen LogP contribution in [0.2, 0.25) is 0 Å². The molecule has 0 aromatic heterocycles. The summed E-state index contributed by atoms with van der Waals surface area (Å²) in [5, 5.41) is 34.1. The van der Waals surface area contributed by atoms with Gasteiger partial charge in [0.15, 0.2) is 4.87 Å². The number of rotatable bonds is 4. The predicted octanol–water partition coefficient (Wildman–Crippen LogP) is -1.09. The van der Waals surface area contributed by atoms with Crippen LogP contribution in [0, 0.1) is 5.92 Å². The normalized spacial score (nSPS) is 45.3. The molecule has 2 spiro atoms. The largest absolute Gasteiger partial charge is 0.462 e. The van der Waals surface area contributed by atoms with Gasteiger partial charge < -0.3 is 35.4 Å². The van der Waals surface area contributed by atoms with E-state index in [1.807, 2.05) is 13.8 Å². The molecular formula is C34H34N6O8S4. The van der Waals surface area contributed by atoms with E-state index < -0.39 is 116 Å². The molecule has 2 aromatic rings. The molecule has 6 fully saturated rings. The highest BCUT2D eigenvalue weighted by Crippen LogP contribution is 2.76. The molecule has 272 valence electrons. The molecule has 4 N–H and O–H groups in total. The van der Waals surface area contributed by atoms with E-state index in [1.165, 1.54) is 33.6 Å². The number of para-hydroxylation sites is 2. The van der Waals surface area contributed by atoms with Crippen molar-refractivity contribution < 1.29 is 38.9 Å². The zero-order valence-corrected chi connectivity index (χ0v) is 31.7. The summed E-state index contributed by atoms with van der Waals surface area (Å²) >= 11 is 12.5.